The maximum atomic E-state index is 10.9. The van der Waals surface area contributed by atoms with Gasteiger partial charge in [0.15, 0.2) is 0 Å². The molecule has 2 aromatic rings. The molecular weight excluding hydrogens is 256 g/mol. The predicted octanol–water partition coefficient (Wildman–Crippen LogP) is 3.33. The molecule has 0 amide bonds. The summed E-state index contributed by atoms with van der Waals surface area (Å²) in [5.74, 6) is 1.48. The van der Waals surface area contributed by atoms with Gasteiger partial charge in [0.2, 0.25) is 0 Å². The largest absolute Gasteiger partial charge is 0.457 e. The minimum Gasteiger partial charge on any atom is -0.457 e. The average molecular weight is 270 g/mol. The summed E-state index contributed by atoms with van der Waals surface area (Å²) in [6.07, 6.45) is 0. The van der Waals surface area contributed by atoms with Crippen LogP contribution in [-0.2, 0) is 13.1 Å². The van der Waals surface area contributed by atoms with Gasteiger partial charge in [0.1, 0.15) is 11.5 Å². The second-order valence-electron chi connectivity index (χ2n) is 4.93. The van der Waals surface area contributed by atoms with E-state index in [2.05, 4.69) is 4.90 Å². The molecule has 0 saturated carbocycles. The molecule has 1 heterocycles. The van der Waals surface area contributed by atoms with Crippen LogP contribution in [0.1, 0.15) is 11.1 Å². The molecule has 0 fully saturated rings. The van der Waals surface area contributed by atoms with E-state index in [1.165, 1.54) is 6.07 Å². The number of non-ortho nitro benzene ring substituents is 1. The number of benzene rings is 2. The van der Waals surface area contributed by atoms with Crippen molar-refractivity contribution in [1.29, 1.82) is 0 Å². The highest BCUT2D eigenvalue weighted by Gasteiger charge is 2.18. The molecular formula is C15H14N2O3. The van der Waals surface area contributed by atoms with E-state index in [0.29, 0.717) is 12.3 Å². The average Bonchev–Trinajstić information content (AvgIpc) is 2.40. The quantitative estimate of drug-likeness (QED) is 0.589. The molecule has 3 rings (SSSR count). The Morgan fingerprint density at radius 3 is 2.60 bits per heavy atom. The van der Waals surface area contributed by atoms with Crippen LogP contribution in [0.15, 0.2) is 42.5 Å². The van der Waals surface area contributed by atoms with Gasteiger partial charge in [-0.25, -0.2) is 0 Å². The van der Waals surface area contributed by atoms with Gasteiger partial charge in [-0.15, -0.1) is 0 Å². The summed E-state index contributed by atoms with van der Waals surface area (Å²) in [4.78, 5) is 12.6. The number of para-hydroxylation sites is 1. The summed E-state index contributed by atoms with van der Waals surface area (Å²) in [6.45, 7) is 1.36. The van der Waals surface area contributed by atoms with Crippen molar-refractivity contribution in [1.82, 2.24) is 4.90 Å². The van der Waals surface area contributed by atoms with Crippen LogP contribution in [0.3, 0.4) is 0 Å². The Kier molecular flexibility index (Phi) is 3.12. The minimum atomic E-state index is -0.382. The lowest BCUT2D eigenvalue weighted by molar-refractivity contribution is -0.384. The van der Waals surface area contributed by atoms with Gasteiger partial charge in [-0.1, -0.05) is 18.2 Å². The zero-order valence-corrected chi connectivity index (χ0v) is 11.1. The first-order valence-electron chi connectivity index (χ1n) is 6.35. The first-order valence-corrected chi connectivity index (χ1v) is 6.35. The van der Waals surface area contributed by atoms with Crippen molar-refractivity contribution >= 4 is 5.69 Å². The molecule has 0 aliphatic carbocycles. The van der Waals surface area contributed by atoms with Crippen molar-refractivity contribution in [2.24, 2.45) is 0 Å². The third-order valence-electron chi connectivity index (χ3n) is 3.33. The highest BCUT2D eigenvalue weighted by molar-refractivity contribution is 5.47. The van der Waals surface area contributed by atoms with Crippen LogP contribution in [-0.4, -0.2) is 16.9 Å². The number of nitro benzene ring substituents is 1. The van der Waals surface area contributed by atoms with Gasteiger partial charge in [0.25, 0.3) is 5.69 Å². The predicted molar refractivity (Wildman–Crippen MR) is 74.8 cm³/mol. The summed E-state index contributed by atoms with van der Waals surface area (Å²) >= 11 is 0. The van der Waals surface area contributed by atoms with Crippen LogP contribution in [0.2, 0.25) is 0 Å². The number of ether oxygens (including phenoxy) is 1. The molecule has 5 nitrogen and oxygen atoms in total. The number of nitro groups is 1. The Labute approximate surface area is 116 Å². The molecule has 20 heavy (non-hydrogen) atoms. The molecule has 0 aromatic heterocycles. The number of hydrogen-bond donors (Lipinski definition) is 0. The Balaban J connectivity index is 2.07. The normalized spacial score (nSPS) is 14.4. The van der Waals surface area contributed by atoms with E-state index < -0.39 is 0 Å². The lowest BCUT2D eigenvalue weighted by atomic mass is 10.1. The third-order valence-corrected chi connectivity index (χ3v) is 3.33. The van der Waals surface area contributed by atoms with Crippen LogP contribution in [0, 0.1) is 10.1 Å². The van der Waals surface area contributed by atoms with E-state index in [9.17, 15) is 10.1 Å². The van der Waals surface area contributed by atoms with Crippen LogP contribution in [0.5, 0.6) is 11.5 Å². The summed E-state index contributed by atoms with van der Waals surface area (Å²) in [7, 11) is 1.99. The zero-order chi connectivity index (χ0) is 14.1. The van der Waals surface area contributed by atoms with Gasteiger partial charge >= 0.3 is 0 Å². The monoisotopic (exact) mass is 270 g/mol. The molecule has 0 unspecified atom stereocenters. The Bertz CT molecular complexity index is 670. The second kappa shape index (κ2) is 4.94. The first-order chi connectivity index (χ1) is 9.63. The SMILES string of the molecule is CN1Cc2ccccc2Oc2ccc([N+](=O)[O-])cc2C1. The molecule has 0 saturated heterocycles. The maximum Gasteiger partial charge on any atom is 0.270 e. The van der Waals surface area contributed by atoms with Crippen molar-refractivity contribution in [2.75, 3.05) is 7.05 Å². The number of hydrogen-bond acceptors (Lipinski definition) is 4. The van der Waals surface area contributed by atoms with Gasteiger partial charge < -0.3 is 4.74 Å². The Hall–Kier alpha value is -2.40. The number of nitrogens with zero attached hydrogens (tertiary/aromatic N) is 2. The standard InChI is InChI=1S/C15H14N2O3/c1-16-9-11-4-2-3-5-14(11)20-15-7-6-13(17(18)19)8-12(15)10-16/h2-8H,9-10H2,1H3. The summed E-state index contributed by atoms with van der Waals surface area (Å²) < 4.78 is 5.92. The summed E-state index contributed by atoms with van der Waals surface area (Å²) in [6, 6.07) is 12.6. The smallest absolute Gasteiger partial charge is 0.270 e. The molecule has 2 aromatic carbocycles. The summed E-state index contributed by atoms with van der Waals surface area (Å²) in [5, 5.41) is 10.9. The van der Waals surface area contributed by atoms with Gasteiger partial charge in [-0.05, 0) is 19.2 Å². The highest BCUT2D eigenvalue weighted by Crippen LogP contribution is 2.34. The molecule has 5 heteroatoms. The second-order valence-corrected chi connectivity index (χ2v) is 4.93. The fourth-order valence-corrected chi connectivity index (χ4v) is 2.39. The van der Waals surface area contributed by atoms with E-state index in [4.69, 9.17) is 4.74 Å². The maximum absolute atomic E-state index is 10.9. The number of rotatable bonds is 1. The Morgan fingerprint density at radius 2 is 1.80 bits per heavy atom. The molecule has 102 valence electrons. The fourth-order valence-electron chi connectivity index (χ4n) is 2.39. The fraction of sp³-hybridized carbons (Fsp3) is 0.200. The van der Waals surface area contributed by atoms with E-state index >= 15 is 0 Å². The molecule has 1 aliphatic rings. The first kappa shape index (κ1) is 12.6. The molecule has 0 spiro atoms. The van der Waals surface area contributed by atoms with Crippen LogP contribution in [0.4, 0.5) is 5.69 Å². The molecule has 1 aliphatic heterocycles. The zero-order valence-electron chi connectivity index (χ0n) is 11.1. The van der Waals surface area contributed by atoms with Gasteiger partial charge in [-0.3, -0.25) is 15.0 Å². The topological polar surface area (TPSA) is 55.6 Å². The molecule has 0 bridgehead atoms. The molecule has 0 N–H and O–H groups in total. The lowest BCUT2D eigenvalue weighted by Gasteiger charge is -2.24. The molecule has 0 radical (unpaired) electrons. The molecule has 0 atom stereocenters. The Morgan fingerprint density at radius 1 is 1.10 bits per heavy atom. The van der Waals surface area contributed by atoms with Gasteiger partial charge in [-0.2, -0.15) is 0 Å². The van der Waals surface area contributed by atoms with E-state index in [0.717, 1.165) is 23.4 Å². The third kappa shape index (κ3) is 2.35. The van der Waals surface area contributed by atoms with E-state index in [-0.39, 0.29) is 10.6 Å². The van der Waals surface area contributed by atoms with E-state index in [1.54, 1.807) is 12.1 Å². The van der Waals surface area contributed by atoms with Crippen molar-refractivity contribution in [2.45, 2.75) is 13.1 Å². The van der Waals surface area contributed by atoms with Crippen LogP contribution >= 0.6 is 0 Å². The van der Waals surface area contributed by atoms with Gasteiger partial charge in [0.05, 0.1) is 4.92 Å². The van der Waals surface area contributed by atoms with Crippen LogP contribution in [0.25, 0.3) is 0 Å². The number of fused-ring (bicyclic) bond motifs is 2. The van der Waals surface area contributed by atoms with Crippen molar-refractivity contribution in [3.63, 3.8) is 0 Å². The summed E-state index contributed by atoms with van der Waals surface area (Å²) in [5.41, 5.74) is 2.03. The lowest BCUT2D eigenvalue weighted by Crippen LogP contribution is -2.20. The van der Waals surface area contributed by atoms with Crippen molar-refractivity contribution in [3.05, 3.63) is 63.7 Å². The van der Waals surface area contributed by atoms with Crippen molar-refractivity contribution in [3.8, 4) is 11.5 Å². The highest BCUT2D eigenvalue weighted by atomic mass is 16.6. The van der Waals surface area contributed by atoms with E-state index in [1.807, 2.05) is 31.3 Å². The van der Waals surface area contributed by atoms with Crippen LogP contribution < -0.4 is 4.74 Å². The minimum absolute atomic E-state index is 0.0922. The van der Waals surface area contributed by atoms with Gasteiger partial charge in [0, 0.05) is 36.3 Å². The van der Waals surface area contributed by atoms with Crippen molar-refractivity contribution < 1.29 is 9.66 Å².